The van der Waals surface area contributed by atoms with Gasteiger partial charge in [-0.2, -0.15) is 0 Å². The number of hydrogen-bond acceptors (Lipinski definition) is 2. The van der Waals surface area contributed by atoms with Gasteiger partial charge in [-0.1, -0.05) is 12.1 Å². The lowest BCUT2D eigenvalue weighted by Gasteiger charge is -2.00. The van der Waals surface area contributed by atoms with Gasteiger partial charge in [-0.15, -0.1) is 0 Å². The molecule has 0 amide bonds. The molecule has 0 bridgehead atoms. The van der Waals surface area contributed by atoms with Crippen LogP contribution in [0.4, 0.5) is 10.1 Å². The first-order valence-electron chi connectivity index (χ1n) is 3.60. The molecular weight excluding hydrogens is 173 g/mol. The van der Waals surface area contributed by atoms with Crippen LogP contribution >= 0.6 is 0 Å². The second-order valence-corrected chi connectivity index (χ2v) is 2.30. The molecule has 0 aliphatic carbocycles. The zero-order chi connectivity index (χ0) is 9.68. The third-order valence-corrected chi connectivity index (χ3v) is 1.34. The van der Waals surface area contributed by atoms with Crippen molar-refractivity contribution in [2.24, 2.45) is 0 Å². The van der Waals surface area contributed by atoms with Crippen molar-refractivity contribution in [3.8, 4) is 0 Å². The van der Waals surface area contributed by atoms with E-state index < -0.39 is 11.8 Å². The van der Waals surface area contributed by atoms with Crippen molar-refractivity contribution >= 4 is 11.7 Å². The Hall–Kier alpha value is -1.84. The summed E-state index contributed by atoms with van der Waals surface area (Å²) >= 11 is 0. The number of rotatable bonds is 3. The first-order chi connectivity index (χ1) is 6.20. The minimum absolute atomic E-state index is 0.250. The second-order valence-electron chi connectivity index (χ2n) is 2.30. The number of anilines is 1. The predicted octanol–water partition coefficient (Wildman–Crippen LogP) is 1.84. The van der Waals surface area contributed by atoms with Gasteiger partial charge in [0.15, 0.2) is 0 Å². The average molecular weight is 181 g/mol. The van der Waals surface area contributed by atoms with Crippen LogP contribution < -0.4 is 5.32 Å². The molecule has 0 spiro atoms. The van der Waals surface area contributed by atoms with Gasteiger partial charge in [0.05, 0.1) is 5.69 Å². The first kappa shape index (κ1) is 9.25. The highest BCUT2D eigenvalue weighted by atomic mass is 19.1. The summed E-state index contributed by atoms with van der Waals surface area (Å²) in [5, 5.41) is 10.7. The van der Waals surface area contributed by atoms with Gasteiger partial charge in [-0.05, 0) is 12.1 Å². The standard InChI is InChI=1S/C9H8FNO2/c10-7-3-1-2-4-8(7)11-6-5-9(12)13/h1-6,11H,(H,12,13)/b6-5+. The summed E-state index contributed by atoms with van der Waals surface area (Å²) in [6.45, 7) is 0. The van der Waals surface area contributed by atoms with Gasteiger partial charge in [0.2, 0.25) is 0 Å². The summed E-state index contributed by atoms with van der Waals surface area (Å²) in [5.41, 5.74) is 0.250. The number of para-hydroxylation sites is 1. The van der Waals surface area contributed by atoms with Crippen LogP contribution in [-0.2, 0) is 4.79 Å². The summed E-state index contributed by atoms with van der Waals surface area (Å²) in [7, 11) is 0. The highest BCUT2D eigenvalue weighted by Crippen LogP contribution is 2.11. The first-order valence-corrected chi connectivity index (χ1v) is 3.60. The number of carboxylic acids is 1. The Balaban J connectivity index is 2.64. The molecule has 0 saturated carbocycles. The average Bonchev–Trinajstić information content (AvgIpc) is 2.08. The molecule has 0 aromatic heterocycles. The normalized spacial score (nSPS) is 10.2. The maximum absolute atomic E-state index is 12.9. The molecule has 0 aliphatic rings. The summed E-state index contributed by atoms with van der Waals surface area (Å²) in [6.07, 6.45) is 2.06. The van der Waals surface area contributed by atoms with E-state index in [9.17, 15) is 9.18 Å². The van der Waals surface area contributed by atoms with Crippen LogP contribution in [0, 0.1) is 5.82 Å². The lowest BCUT2D eigenvalue weighted by Crippen LogP contribution is -1.94. The highest BCUT2D eigenvalue weighted by molar-refractivity contribution is 5.80. The second kappa shape index (κ2) is 4.25. The molecule has 0 aliphatic heterocycles. The van der Waals surface area contributed by atoms with E-state index in [2.05, 4.69) is 5.32 Å². The zero-order valence-corrected chi connectivity index (χ0v) is 6.70. The topological polar surface area (TPSA) is 49.3 Å². The van der Waals surface area contributed by atoms with E-state index in [4.69, 9.17) is 5.11 Å². The van der Waals surface area contributed by atoms with Crippen LogP contribution in [0.3, 0.4) is 0 Å². The van der Waals surface area contributed by atoms with Crippen molar-refractivity contribution in [2.75, 3.05) is 5.32 Å². The number of halogens is 1. The van der Waals surface area contributed by atoms with Gasteiger partial charge < -0.3 is 10.4 Å². The Bertz CT molecular complexity index is 336. The van der Waals surface area contributed by atoms with Crippen molar-refractivity contribution in [1.82, 2.24) is 0 Å². The van der Waals surface area contributed by atoms with Gasteiger partial charge in [-0.3, -0.25) is 0 Å². The quantitative estimate of drug-likeness (QED) is 0.699. The largest absolute Gasteiger partial charge is 0.478 e. The maximum atomic E-state index is 12.9. The van der Waals surface area contributed by atoms with Crippen LogP contribution in [0.5, 0.6) is 0 Å². The number of aliphatic carboxylic acids is 1. The van der Waals surface area contributed by atoms with E-state index in [0.717, 1.165) is 6.08 Å². The Labute approximate surface area is 74.5 Å². The molecule has 0 radical (unpaired) electrons. The van der Waals surface area contributed by atoms with Gasteiger partial charge in [0, 0.05) is 12.3 Å². The van der Waals surface area contributed by atoms with Crippen LogP contribution in [0.15, 0.2) is 36.5 Å². The van der Waals surface area contributed by atoms with E-state index in [1.807, 2.05) is 0 Å². The molecule has 68 valence electrons. The van der Waals surface area contributed by atoms with Gasteiger partial charge in [0.1, 0.15) is 5.82 Å². The van der Waals surface area contributed by atoms with Crippen LogP contribution in [0.1, 0.15) is 0 Å². The number of carbonyl (C=O) groups is 1. The maximum Gasteiger partial charge on any atom is 0.329 e. The molecule has 3 nitrogen and oxygen atoms in total. The minimum Gasteiger partial charge on any atom is -0.478 e. The van der Waals surface area contributed by atoms with Gasteiger partial charge >= 0.3 is 5.97 Å². The Morgan fingerprint density at radius 2 is 2.15 bits per heavy atom. The molecule has 4 heteroatoms. The number of benzene rings is 1. The summed E-state index contributed by atoms with van der Waals surface area (Å²) in [5.74, 6) is -1.50. The highest BCUT2D eigenvalue weighted by Gasteiger charge is 1.95. The fraction of sp³-hybridized carbons (Fsp3) is 0. The third-order valence-electron chi connectivity index (χ3n) is 1.34. The number of nitrogens with one attached hydrogen (secondary N) is 1. The molecule has 0 fully saturated rings. The molecule has 0 heterocycles. The zero-order valence-electron chi connectivity index (χ0n) is 6.70. The molecule has 13 heavy (non-hydrogen) atoms. The summed E-state index contributed by atoms with van der Waals surface area (Å²) in [6, 6.07) is 6.01. The molecule has 2 N–H and O–H groups in total. The molecule has 0 unspecified atom stereocenters. The van der Waals surface area contributed by atoms with Crippen molar-refractivity contribution in [3.63, 3.8) is 0 Å². The molecule has 1 aromatic carbocycles. The monoisotopic (exact) mass is 181 g/mol. The molecule has 0 saturated heterocycles. The number of carboxylic acid groups (broad SMARTS) is 1. The summed E-state index contributed by atoms with van der Waals surface area (Å²) < 4.78 is 12.9. The summed E-state index contributed by atoms with van der Waals surface area (Å²) in [4.78, 5) is 10.1. The van der Waals surface area contributed by atoms with E-state index in [-0.39, 0.29) is 5.69 Å². The van der Waals surface area contributed by atoms with Crippen LogP contribution in [-0.4, -0.2) is 11.1 Å². The Kier molecular flexibility index (Phi) is 3.03. The lowest BCUT2D eigenvalue weighted by molar-refractivity contribution is -0.131. The van der Waals surface area contributed by atoms with E-state index >= 15 is 0 Å². The van der Waals surface area contributed by atoms with E-state index in [1.165, 1.54) is 18.3 Å². The SMILES string of the molecule is O=C(O)/C=C/Nc1ccccc1F. The van der Waals surface area contributed by atoms with Crippen molar-refractivity contribution in [1.29, 1.82) is 0 Å². The lowest BCUT2D eigenvalue weighted by atomic mass is 10.3. The smallest absolute Gasteiger partial charge is 0.329 e. The predicted molar refractivity (Wildman–Crippen MR) is 46.8 cm³/mol. The minimum atomic E-state index is -1.08. The Morgan fingerprint density at radius 1 is 1.46 bits per heavy atom. The fourth-order valence-corrected chi connectivity index (χ4v) is 0.781. The molecule has 1 rings (SSSR count). The molecular formula is C9H8FNO2. The van der Waals surface area contributed by atoms with Gasteiger partial charge in [-0.25, -0.2) is 9.18 Å². The molecule has 0 atom stereocenters. The fourth-order valence-electron chi connectivity index (χ4n) is 0.781. The van der Waals surface area contributed by atoms with Crippen LogP contribution in [0.2, 0.25) is 0 Å². The van der Waals surface area contributed by atoms with Crippen molar-refractivity contribution in [2.45, 2.75) is 0 Å². The third kappa shape index (κ3) is 2.94. The Morgan fingerprint density at radius 3 is 2.77 bits per heavy atom. The van der Waals surface area contributed by atoms with E-state index in [0.29, 0.717) is 0 Å². The van der Waals surface area contributed by atoms with Crippen molar-refractivity contribution in [3.05, 3.63) is 42.4 Å². The van der Waals surface area contributed by atoms with Crippen molar-refractivity contribution < 1.29 is 14.3 Å². The van der Waals surface area contributed by atoms with Gasteiger partial charge in [0.25, 0.3) is 0 Å². The molecule has 1 aromatic rings. The van der Waals surface area contributed by atoms with Crippen LogP contribution in [0.25, 0.3) is 0 Å². The van der Waals surface area contributed by atoms with E-state index in [1.54, 1.807) is 12.1 Å². The number of hydrogen-bond donors (Lipinski definition) is 2.